The lowest BCUT2D eigenvalue weighted by Gasteiger charge is -2.13. The highest BCUT2D eigenvalue weighted by Crippen LogP contribution is 2.28. The van der Waals surface area contributed by atoms with Crippen LogP contribution in [0.15, 0.2) is 36.4 Å². The van der Waals surface area contributed by atoms with E-state index in [9.17, 15) is 4.79 Å². The molecule has 0 fully saturated rings. The number of nitrogens with two attached hydrogens (primary N) is 1. The zero-order chi connectivity index (χ0) is 14.7. The predicted octanol–water partition coefficient (Wildman–Crippen LogP) is 3.03. The molecule has 2 rings (SSSR count). The molecule has 5 heteroatoms. The summed E-state index contributed by atoms with van der Waals surface area (Å²) in [6, 6.07) is 10.1. The molecule has 20 heavy (non-hydrogen) atoms. The number of carbonyl (C=O) groups is 1. The Morgan fingerprint density at radius 1 is 1.20 bits per heavy atom. The maximum atomic E-state index is 11.0. The lowest BCUT2D eigenvalue weighted by Crippen LogP contribution is -2.02. The van der Waals surface area contributed by atoms with Crippen LogP contribution in [0.25, 0.3) is 0 Å². The first-order chi connectivity index (χ1) is 9.51. The fourth-order valence-corrected chi connectivity index (χ4v) is 1.85. The molecule has 0 atom stereocenters. The van der Waals surface area contributed by atoms with E-state index < -0.39 is 5.97 Å². The molecule has 104 valence electrons. The van der Waals surface area contributed by atoms with E-state index in [1.54, 1.807) is 13.2 Å². The van der Waals surface area contributed by atoms with Crippen molar-refractivity contribution >= 4 is 23.0 Å². The van der Waals surface area contributed by atoms with Gasteiger partial charge in [-0.25, -0.2) is 4.79 Å². The van der Waals surface area contributed by atoms with Gasteiger partial charge in [0.25, 0.3) is 0 Å². The number of ether oxygens (including phenoxy) is 1. The van der Waals surface area contributed by atoms with E-state index in [1.807, 2.05) is 25.1 Å². The molecule has 2 aromatic rings. The Bertz CT molecular complexity index is 654. The summed E-state index contributed by atoms with van der Waals surface area (Å²) in [5, 5.41) is 12.1. The molecule has 0 aliphatic rings. The Morgan fingerprint density at radius 3 is 2.55 bits per heavy atom. The number of anilines is 3. The fraction of sp³-hybridized carbons (Fsp3) is 0.133. The van der Waals surface area contributed by atoms with Gasteiger partial charge in [-0.15, -0.1) is 0 Å². The normalized spacial score (nSPS) is 10.1. The molecular weight excluding hydrogens is 256 g/mol. The highest BCUT2D eigenvalue weighted by molar-refractivity contribution is 5.91. The number of carboxylic acids is 1. The first-order valence-electron chi connectivity index (χ1n) is 6.05. The summed E-state index contributed by atoms with van der Waals surface area (Å²) in [6.07, 6.45) is 0. The molecule has 0 saturated carbocycles. The Kier molecular flexibility index (Phi) is 3.79. The molecule has 0 aromatic heterocycles. The molecule has 0 saturated heterocycles. The number of methoxy groups -OCH3 is 1. The van der Waals surface area contributed by atoms with Crippen LogP contribution in [-0.2, 0) is 0 Å². The molecule has 0 radical (unpaired) electrons. The van der Waals surface area contributed by atoms with E-state index in [0.717, 1.165) is 17.0 Å². The van der Waals surface area contributed by atoms with Gasteiger partial charge in [-0.3, -0.25) is 0 Å². The third-order valence-corrected chi connectivity index (χ3v) is 3.00. The predicted molar refractivity (Wildman–Crippen MR) is 78.8 cm³/mol. The van der Waals surface area contributed by atoms with Gasteiger partial charge in [0.05, 0.1) is 24.0 Å². The van der Waals surface area contributed by atoms with Gasteiger partial charge in [0.1, 0.15) is 5.75 Å². The molecule has 0 unspecified atom stereocenters. The second kappa shape index (κ2) is 5.52. The van der Waals surface area contributed by atoms with Crippen molar-refractivity contribution in [1.82, 2.24) is 0 Å². The van der Waals surface area contributed by atoms with Crippen LogP contribution in [-0.4, -0.2) is 18.2 Å². The van der Waals surface area contributed by atoms with Crippen LogP contribution in [0, 0.1) is 6.92 Å². The summed E-state index contributed by atoms with van der Waals surface area (Å²) in [4.78, 5) is 11.0. The Hall–Kier alpha value is -2.69. The lowest BCUT2D eigenvalue weighted by atomic mass is 10.1. The van der Waals surface area contributed by atoms with Gasteiger partial charge in [0.2, 0.25) is 0 Å². The molecule has 5 nitrogen and oxygen atoms in total. The molecule has 0 amide bonds. The number of nitrogens with one attached hydrogen (secondary N) is 1. The maximum absolute atomic E-state index is 11.0. The van der Waals surface area contributed by atoms with Crippen molar-refractivity contribution in [3.63, 3.8) is 0 Å². The van der Waals surface area contributed by atoms with Gasteiger partial charge in [-0.1, -0.05) is 0 Å². The largest absolute Gasteiger partial charge is 0.497 e. The standard InChI is InChI=1S/C15H16N2O3/c1-9-7-11(20-2)4-6-13(9)17-14-8-10(15(18)19)3-5-12(14)16/h3-8,17H,16H2,1-2H3,(H,18,19). The fourth-order valence-electron chi connectivity index (χ4n) is 1.85. The van der Waals surface area contributed by atoms with Crippen molar-refractivity contribution < 1.29 is 14.6 Å². The number of hydrogen-bond donors (Lipinski definition) is 3. The van der Waals surface area contributed by atoms with Crippen molar-refractivity contribution in [2.75, 3.05) is 18.2 Å². The Labute approximate surface area is 117 Å². The van der Waals surface area contributed by atoms with Crippen molar-refractivity contribution in [3.05, 3.63) is 47.5 Å². The van der Waals surface area contributed by atoms with E-state index in [2.05, 4.69) is 5.32 Å². The van der Waals surface area contributed by atoms with E-state index in [-0.39, 0.29) is 5.56 Å². The third-order valence-electron chi connectivity index (χ3n) is 3.00. The first-order valence-corrected chi connectivity index (χ1v) is 6.05. The first kappa shape index (κ1) is 13.7. The smallest absolute Gasteiger partial charge is 0.335 e. The lowest BCUT2D eigenvalue weighted by molar-refractivity contribution is 0.0697. The number of benzene rings is 2. The van der Waals surface area contributed by atoms with Crippen LogP contribution in [0.3, 0.4) is 0 Å². The number of nitrogen functional groups attached to an aromatic ring is 1. The second-order valence-corrected chi connectivity index (χ2v) is 4.41. The van der Waals surface area contributed by atoms with Crippen molar-refractivity contribution in [1.29, 1.82) is 0 Å². The van der Waals surface area contributed by atoms with Crippen LogP contribution in [0.4, 0.5) is 17.1 Å². The molecule has 4 N–H and O–H groups in total. The highest BCUT2D eigenvalue weighted by atomic mass is 16.5. The zero-order valence-corrected chi connectivity index (χ0v) is 11.3. The van der Waals surface area contributed by atoms with E-state index in [4.69, 9.17) is 15.6 Å². The van der Waals surface area contributed by atoms with Crippen LogP contribution in [0.2, 0.25) is 0 Å². The third kappa shape index (κ3) is 2.83. The molecule has 0 heterocycles. The molecule has 0 bridgehead atoms. The maximum Gasteiger partial charge on any atom is 0.335 e. The van der Waals surface area contributed by atoms with Gasteiger partial charge >= 0.3 is 5.97 Å². The van der Waals surface area contributed by atoms with Crippen molar-refractivity contribution in [2.45, 2.75) is 6.92 Å². The Balaban J connectivity index is 2.34. The van der Waals surface area contributed by atoms with Gasteiger partial charge in [-0.05, 0) is 48.9 Å². The summed E-state index contributed by atoms with van der Waals surface area (Å²) < 4.78 is 5.14. The molecule has 0 aliphatic heterocycles. The topological polar surface area (TPSA) is 84.6 Å². The summed E-state index contributed by atoms with van der Waals surface area (Å²) in [5.41, 5.74) is 8.93. The summed E-state index contributed by atoms with van der Waals surface area (Å²) in [7, 11) is 1.61. The number of aromatic carboxylic acids is 1. The number of aryl methyl sites for hydroxylation is 1. The van der Waals surface area contributed by atoms with E-state index >= 15 is 0 Å². The van der Waals surface area contributed by atoms with Crippen LogP contribution in [0.5, 0.6) is 5.75 Å². The summed E-state index contributed by atoms with van der Waals surface area (Å²) >= 11 is 0. The van der Waals surface area contributed by atoms with Gasteiger partial charge in [0, 0.05) is 5.69 Å². The van der Waals surface area contributed by atoms with Gasteiger partial charge in [0.15, 0.2) is 0 Å². The van der Waals surface area contributed by atoms with Crippen LogP contribution < -0.4 is 15.8 Å². The SMILES string of the molecule is COc1ccc(Nc2cc(C(=O)O)ccc2N)c(C)c1. The zero-order valence-electron chi connectivity index (χ0n) is 11.3. The van der Waals surface area contributed by atoms with Crippen LogP contribution in [0.1, 0.15) is 15.9 Å². The van der Waals surface area contributed by atoms with Crippen molar-refractivity contribution in [2.24, 2.45) is 0 Å². The average Bonchev–Trinajstić information content (AvgIpc) is 2.42. The second-order valence-electron chi connectivity index (χ2n) is 4.41. The molecular formula is C15H16N2O3. The van der Waals surface area contributed by atoms with E-state index in [0.29, 0.717) is 11.4 Å². The monoisotopic (exact) mass is 272 g/mol. The minimum atomic E-state index is -0.987. The van der Waals surface area contributed by atoms with Gasteiger partial charge in [-0.2, -0.15) is 0 Å². The van der Waals surface area contributed by atoms with Crippen molar-refractivity contribution in [3.8, 4) is 5.75 Å². The Morgan fingerprint density at radius 2 is 1.95 bits per heavy atom. The highest BCUT2D eigenvalue weighted by Gasteiger charge is 2.08. The molecule has 0 spiro atoms. The minimum Gasteiger partial charge on any atom is -0.497 e. The molecule has 0 aliphatic carbocycles. The van der Waals surface area contributed by atoms with E-state index in [1.165, 1.54) is 12.1 Å². The van der Waals surface area contributed by atoms with Crippen LogP contribution >= 0.6 is 0 Å². The number of hydrogen-bond acceptors (Lipinski definition) is 4. The molecule has 2 aromatic carbocycles. The minimum absolute atomic E-state index is 0.188. The number of rotatable bonds is 4. The average molecular weight is 272 g/mol. The van der Waals surface area contributed by atoms with Gasteiger partial charge < -0.3 is 20.9 Å². The summed E-state index contributed by atoms with van der Waals surface area (Å²) in [6.45, 7) is 1.93. The summed E-state index contributed by atoms with van der Waals surface area (Å²) in [5.74, 6) is -0.222. The quantitative estimate of drug-likeness (QED) is 0.745. The number of carboxylic acid groups (broad SMARTS) is 1.